The zero-order valence-electron chi connectivity index (χ0n) is 12.8. The smallest absolute Gasteiger partial charge is 0.220 e. The van der Waals surface area contributed by atoms with E-state index in [9.17, 15) is 4.79 Å². The molecular weight excluding hydrogens is 310 g/mol. The van der Waals surface area contributed by atoms with E-state index in [1.807, 2.05) is 35.7 Å². The molecule has 5 nitrogen and oxygen atoms in total. The summed E-state index contributed by atoms with van der Waals surface area (Å²) in [7, 11) is 1.59. The normalized spacial score (nSPS) is 10.7. The number of rotatable bonds is 6. The average Bonchev–Trinajstić information content (AvgIpc) is 3.11. The minimum absolute atomic E-state index is 0.0119. The van der Waals surface area contributed by atoms with Gasteiger partial charge in [-0.3, -0.25) is 4.79 Å². The summed E-state index contributed by atoms with van der Waals surface area (Å²) in [4.78, 5) is 20.6. The molecule has 0 fully saturated rings. The van der Waals surface area contributed by atoms with E-state index in [4.69, 9.17) is 4.74 Å². The van der Waals surface area contributed by atoms with Gasteiger partial charge in [-0.1, -0.05) is 18.2 Å². The quantitative estimate of drug-likeness (QED) is 0.756. The molecule has 0 atom stereocenters. The summed E-state index contributed by atoms with van der Waals surface area (Å²) in [6.07, 6.45) is 1.10. The largest absolute Gasteiger partial charge is 0.481 e. The van der Waals surface area contributed by atoms with Crippen molar-refractivity contribution in [3.63, 3.8) is 0 Å². The molecule has 2 aromatic heterocycles. The molecule has 3 rings (SSSR count). The molecule has 0 radical (unpaired) electrons. The lowest BCUT2D eigenvalue weighted by molar-refractivity contribution is -0.121. The zero-order valence-corrected chi connectivity index (χ0v) is 13.6. The summed E-state index contributed by atoms with van der Waals surface area (Å²) >= 11 is 1.54. The number of fused-ring (bicyclic) bond motifs is 1. The lowest BCUT2D eigenvalue weighted by Gasteiger charge is -2.10. The Bertz CT molecular complexity index is 803. The maximum atomic E-state index is 12.0. The molecule has 0 unspecified atom stereocenters. The number of para-hydroxylation sites is 1. The van der Waals surface area contributed by atoms with Crippen LogP contribution in [0.4, 0.5) is 0 Å². The van der Waals surface area contributed by atoms with Crippen LogP contribution in [0, 0.1) is 0 Å². The lowest BCUT2D eigenvalue weighted by atomic mass is 10.1. The molecule has 1 N–H and O–H groups in total. The van der Waals surface area contributed by atoms with Crippen LogP contribution in [0.3, 0.4) is 0 Å². The van der Waals surface area contributed by atoms with Crippen molar-refractivity contribution in [3.05, 3.63) is 52.5 Å². The van der Waals surface area contributed by atoms with Gasteiger partial charge in [0.25, 0.3) is 0 Å². The van der Waals surface area contributed by atoms with Gasteiger partial charge in [0.1, 0.15) is 0 Å². The number of ether oxygens (including phenoxy) is 1. The molecule has 6 heteroatoms. The highest BCUT2D eigenvalue weighted by Gasteiger charge is 2.08. The summed E-state index contributed by atoms with van der Waals surface area (Å²) in [5, 5.41) is 5.95. The van der Waals surface area contributed by atoms with Crippen LogP contribution < -0.4 is 10.1 Å². The maximum absolute atomic E-state index is 12.0. The number of methoxy groups -OCH3 is 1. The summed E-state index contributed by atoms with van der Waals surface area (Å²) in [5.74, 6) is 0.563. The number of carbonyl (C=O) groups is 1. The molecule has 23 heavy (non-hydrogen) atoms. The van der Waals surface area contributed by atoms with Crippen molar-refractivity contribution in [1.82, 2.24) is 15.3 Å². The van der Waals surface area contributed by atoms with Crippen molar-refractivity contribution < 1.29 is 9.53 Å². The molecule has 0 bridgehead atoms. The first-order chi connectivity index (χ1) is 11.3. The van der Waals surface area contributed by atoms with E-state index >= 15 is 0 Å². The van der Waals surface area contributed by atoms with E-state index in [1.54, 1.807) is 24.0 Å². The predicted octanol–water partition coefficient (Wildman–Crippen LogP) is 2.95. The van der Waals surface area contributed by atoms with E-state index < -0.39 is 0 Å². The molecule has 0 saturated heterocycles. The van der Waals surface area contributed by atoms with Gasteiger partial charge in [0.2, 0.25) is 11.8 Å². The Hall–Kier alpha value is -2.47. The van der Waals surface area contributed by atoms with Gasteiger partial charge in [-0.05, 0) is 18.1 Å². The van der Waals surface area contributed by atoms with Crippen LogP contribution in [0.1, 0.15) is 17.7 Å². The number of hydrogen-bond acceptors (Lipinski definition) is 5. The minimum Gasteiger partial charge on any atom is -0.481 e. The fraction of sp³-hybridized carbons (Fsp3) is 0.235. The number of carbonyl (C=O) groups excluding carboxylic acids is 1. The lowest BCUT2D eigenvalue weighted by Crippen LogP contribution is -2.23. The van der Waals surface area contributed by atoms with Gasteiger partial charge in [-0.2, -0.15) is 0 Å². The van der Waals surface area contributed by atoms with Gasteiger partial charge in [0.05, 0.1) is 23.8 Å². The Labute approximate surface area is 138 Å². The monoisotopic (exact) mass is 327 g/mol. The first-order valence-corrected chi connectivity index (χ1v) is 8.27. The first-order valence-electron chi connectivity index (χ1n) is 7.32. The number of pyridine rings is 1. The SMILES string of the molecule is COc1cc(CNC(=O)CCc2cscn2)c2ccccc2n1. The number of aromatic nitrogens is 2. The topological polar surface area (TPSA) is 64.1 Å². The molecule has 0 saturated carbocycles. The molecule has 2 heterocycles. The van der Waals surface area contributed by atoms with E-state index in [0.29, 0.717) is 25.3 Å². The molecule has 118 valence electrons. The molecule has 0 spiro atoms. The minimum atomic E-state index is 0.0119. The fourth-order valence-electron chi connectivity index (χ4n) is 2.36. The predicted molar refractivity (Wildman–Crippen MR) is 90.6 cm³/mol. The van der Waals surface area contributed by atoms with Crippen molar-refractivity contribution in [2.45, 2.75) is 19.4 Å². The molecule has 0 aliphatic heterocycles. The maximum Gasteiger partial charge on any atom is 0.220 e. The van der Waals surface area contributed by atoms with Crippen LogP contribution in [-0.4, -0.2) is 23.0 Å². The Morgan fingerprint density at radius 3 is 3.00 bits per heavy atom. The van der Waals surface area contributed by atoms with Crippen LogP contribution in [-0.2, 0) is 17.8 Å². The molecule has 0 aliphatic carbocycles. The molecule has 1 amide bonds. The third-order valence-corrected chi connectivity index (χ3v) is 4.19. The van der Waals surface area contributed by atoms with Crippen molar-refractivity contribution in [2.75, 3.05) is 7.11 Å². The number of nitrogens with zero attached hydrogens (tertiary/aromatic N) is 2. The van der Waals surface area contributed by atoms with Gasteiger partial charge in [-0.15, -0.1) is 11.3 Å². The van der Waals surface area contributed by atoms with Crippen molar-refractivity contribution in [2.24, 2.45) is 0 Å². The van der Waals surface area contributed by atoms with Crippen molar-refractivity contribution >= 4 is 28.1 Å². The van der Waals surface area contributed by atoms with Crippen LogP contribution in [0.5, 0.6) is 5.88 Å². The fourth-order valence-corrected chi connectivity index (χ4v) is 2.95. The van der Waals surface area contributed by atoms with E-state index in [1.165, 1.54) is 0 Å². The number of amides is 1. The molecule has 0 aliphatic rings. The highest BCUT2D eigenvalue weighted by Crippen LogP contribution is 2.21. The van der Waals surface area contributed by atoms with Gasteiger partial charge in [-0.25, -0.2) is 9.97 Å². The van der Waals surface area contributed by atoms with Crippen LogP contribution in [0.15, 0.2) is 41.2 Å². The van der Waals surface area contributed by atoms with E-state index in [-0.39, 0.29) is 5.91 Å². The van der Waals surface area contributed by atoms with E-state index in [2.05, 4.69) is 15.3 Å². The summed E-state index contributed by atoms with van der Waals surface area (Å²) in [6, 6.07) is 9.70. The Morgan fingerprint density at radius 1 is 1.35 bits per heavy atom. The van der Waals surface area contributed by atoms with Crippen LogP contribution >= 0.6 is 11.3 Å². The molecule has 1 aromatic carbocycles. The van der Waals surface area contributed by atoms with Gasteiger partial charge < -0.3 is 10.1 Å². The van der Waals surface area contributed by atoms with Crippen LogP contribution in [0.2, 0.25) is 0 Å². The number of hydrogen-bond donors (Lipinski definition) is 1. The van der Waals surface area contributed by atoms with Gasteiger partial charge >= 0.3 is 0 Å². The zero-order chi connectivity index (χ0) is 16.1. The Morgan fingerprint density at radius 2 is 2.22 bits per heavy atom. The third-order valence-electron chi connectivity index (χ3n) is 3.56. The highest BCUT2D eigenvalue weighted by atomic mass is 32.1. The third kappa shape index (κ3) is 3.84. The van der Waals surface area contributed by atoms with Crippen molar-refractivity contribution in [3.8, 4) is 5.88 Å². The first kappa shape index (κ1) is 15.4. The second-order valence-corrected chi connectivity index (χ2v) is 5.82. The van der Waals surface area contributed by atoms with Crippen molar-refractivity contribution in [1.29, 1.82) is 0 Å². The van der Waals surface area contributed by atoms with Gasteiger partial charge in [0.15, 0.2) is 0 Å². The molecule has 3 aromatic rings. The summed E-state index contributed by atoms with van der Waals surface area (Å²) < 4.78 is 5.24. The summed E-state index contributed by atoms with van der Waals surface area (Å²) in [5.41, 5.74) is 4.59. The Kier molecular flexibility index (Phi) is 4.83. The average molecular weight is 327 g/mol. The summed E-state index contributed by atoms with van der Waals surface area (Å²) in [6.45, 7) is 0.454. The number of nitrogens with one attached hydrogen (secondary N) is 1. The van der Waals surface area contributed by atoms with Crippen LogP contribution in [0.25, 0.3) is 10.9 Å². The second kappa shape index (κ2) is 7.19. The number of aryl methyl sites for hydroxylation is 1. The standard InChI is InChI=1S/C17H17N3O2S/c1-22-17-8-12(14-4-2-3-5-15(14)20-17)9-18-16(21)7-6-13-10-23-11-19-13/h2-5,8,10-11H,6-7,9H2,1H3,(H,18,21). The van der Waals surface area contributed by atoms with E-state index in [0.717, 1.165) is 22.2 Å². The van der Waals surface area contributed by atoms with Gasteiger partial charge in [0, 0.05) is 29.8 Å². The highest BCUT2D eigenvalue weighted by molar-refractivity contribution is 7.07. The molecular formula is C17H17N3O2S. The Balaban J connectivity index is 1.67. The number of thiazole rings is 1. The second-order valence-electron chi connectivity index (χ2n) is 5.10. The number of benzene rings is 1.